The molecule has 0 N–H and O–H groups in total. The first-order valence-corrected chi connectivity index (χ1v) is 5.66. The van der Waals surface area contributed by atoms with Crippen LogP contribution < -0.4 is 4.74 Å². The Morgan fingerprint density at radius 3 is 2.24 bits per heavy atom. The van der Waals surface area contributed by atoms with E-state index in [1.807, 2.05) is 24.3 Å². The maximum absolute atomic E-state index is 5.13. The van der Waals surface area contributed by atoms with Crippen LogP contribution in [0.4, 0.5) is 0 Å². The molecule has 0 fully saturated rings. The number of hydrogen-bond acceptors (Lipinski definition) is 1. The summed E-state index contributed by atoms with van der Waals surface area (Å²) in [4.78, 5) is 0. The summed E-state index contributed by atoms with van der Waals surface area (Å²) in [5.41, 5.74) is 4.70. The number of benzene rings is 1. The largest absolute Gasteiger partial charge is 0.497 e. The lowest BCUT2D eigenvalue weighted by molar-refractivity contribution is 0.414. The first kappa shape index (κ1) is 11.8. The highest BCUT2D eigenvalue weighted by Crippen LogP contribution is 2.20. The summed E-state index contributed by atoms with van der Waals surface area (Å²) in [6.07, 6.45) is 3.41. The zero-order chi connectivity index (χ0) is 12.4. The molecule has 0 aliphatic heterocycles. The zero-order valence-corrected chi connectivity index (χ0v) is 10.7. The molecule has 0 spiro atoms. The zero-order valence-electron chi connectivity index (χ0n) is 10.7. The minimum absolute atomic E-state index is 0.872. The molecule has 2 aromatic rings. The van der Waals surface area contributed by atoms with Gasteiger partial charge in [0, 0.05) is 18.4 Å². The van der Waals surface area contributed by atoms with Crippen molar-refractivity contribution in [3.8, 4) is 5.75 Å². The lowest BCUT2D eigenvalue weighted by Gasteiger charge is -2.03. The lowest BCUT2D eigenvalue weighted by atomic mass is 10.1. The molecule has 0 saturated carbocycles. The molecule has 0 saturated heterocycles. The SMILES string of the molecule is COc1ccc([C]c2cc(C)n(C)c2C)cc1. The van der Waals surface area contributed by atoms with Crippen molar-refractivity contribution in [2.45, 2.75) is 13.8 Å². The van der Waals surface area contributed by atoms with Gasteiger partial charge in [-0.15, -0.1) is 0 Å². The van der Waals surface area contributed by atoms with Crippen molar-refractivity contribution in [1.82, 2.24) is 4.57 Å². The van der Waals surface area contributed by atoms with Crippen molar-refractivity contribution in [2.75, 3.05) is 7.11 Å². The highest BCUT2D eigenvalue weighted by molar-refractivity contribution is 5.43. The van der Waals surface area contributed by atoms with E-state index >= 15 is 0 Å². The van der Waals surface area contributed by atoms with E-state index in [2.05, 4.69) is 37.9 Å². The van der Waals surface area contributed by atoms with Crippen LogP contribution in [0.2, 0.25) is 0 Å². The van der Waals surface area contributed by atoms with E-state index in [9.17, 15) is 0 Å². The van der Waals surface area contributed by atoms with Crippen molar-refractivity contribution in [3.05, 3.63) is 59.3 Å². The summed E-state index contributed by atoms with van der Waals surface area (Å²) >= 11 is 0. The van der Waals surface area contributed by atoms with E-state index < -0.39 is 0 Å². The van der Waals surface area contributed by atoms with Gasteiger partial charge >= 0.3 is 0 Å². The quantitative estimate of drug-likeness (QED) is 0.785. The fourth-order valence-corrected chi connectivity index (χ4v) is 1.81. The summed E-state index contributed by atoms with van der Waals surface area (Å²) in [6.45, 7) is 4.21. The maximum atomic E-state index is 5.13. The van der Waals surface area contributed by atoms with E-state index in [1.54, 1.807) is 7.11 Å². The van der Waals surface area contributed by atoms with Crippen molar-refractivity contribution in [2.24, 2.45) is 7.05 Å². The Kier molecular flexibility index (Phi) is 3.23. The van der Waals surface area contributed by atoms with Crippen LogP contribution in [0.25, 0.3) is 0 Å². The molecule has 2 nitrogen and oxygen atoms in total. The number of methoxy groups -OCH3 is 1. The Balaban J connectivity index is 2.22. The number of aryl methyl sites for hydroxylation is 1. The second kappa shape index (κ2) is 4.66. The molecular weight excluding hydrogens is 210 g/mol. The molecule has 2 heteroatoms. The minimum atomic E-state index is 0.872. The summed E-state index contributed by atoms with van der Waals surface area (Å²) in [5, 5.41) is 0. The molecule has 0 atom stereocenters. The number of nitrogens with zero attached hydrogens (tertiary/aromatic N) is 1. The fraction of sp³-hybridized carbons (Fsp3) is 0.267. The Bertz CT molecular complexity index is 508. The molecular formula is C15H17NO. The van der Waals surface area contributed by atoms with Gasteiger partial charge in [-0.05, 0) is 43.2 Å². The van der Waals surface area contributed by atoms with Crippen LogP contribution in [0.1, 0.15) is 22.5 Å². The summed E-state index contributed by atoms with van der Waals surface area (Å²) in [7, 11) is 3.75. The van der Waals surface area contributed by atoms with Gasteiger partial charge in [-0.3, -0.25) is 0 Å². The van der Waals surface area contributed by atoms with E-state index in [1.165, 1.54) is 11.4 Å². The molecule has 2 rings (SSSR count). The number of aromatic nitrogens is 1. The van der Waals surface area contributed by atoms with Crippen LogP contribution in [-0.4, -0.2) is 11.7 Å². The van der Waals surface area contributed by atoms with Crippen LogP contribution in [0, 0.1) is 20.3 Å². The number of rotatable bonds is 3. The van der Waals surface area contributed by atoms with E-state index in [4.69, 9.17) is 4.74 Å². The standard InChI is InChI=1S/C15H17NO/c1-11-9-14(12(2)16(11)3)10-13-5-7-15(17-4)8-6-13/h5-9H,1-4H3. The van der Waals surface area contributed by atoms with Gasteiger partial charge < -0.3 is 9.30 Å². The first-order chi connectivity index (χ1) is 8.11. The van der Waals surface area contributed by atoms with Crippen LogP contribution >= 0.6 is 0 Å². The molecule has 1 aromatic heterocycles. The molecule has 0 unspecified atom stereocenters. The van der Waals surface area contributed by atoms with E-state index in [0.717, 1.165) is 16.9 Å². The van der Waals surface area contributed by atoms with Crippen LogP contribution in [0.5, 0.6) is 5.75 Å². The predicted molar refractivity (Wildman–Crippen MR) is 69.3 cm³/mol. The number of ether oxygens (including phenoxy) is 1. The van der Waals surface area contributed by atoms with Gasteiger partial charge in [-0.2, -0.15) is 0 Å². The third-order valence-corrected chi connectivity index (χ3v) is 3.14. The van der Waals surface area contributed by atoms with Gasteiger partial charge in [-0.25, -0.2) is 0 Å². The van der Waals surface area contributed by atoms with Gasteiger partial charge in [-0.1, -0.05) is 12.1 Å². The molecule has 0 aliphatic rings. The summed E-state index contributed by atoms with van der Waals surface area (Å²) in [6, 6.07) is 10.1. The van der Waals surface area contributed by atoms with Gasteiger partial charge in [0.25, 0.3) is 0 Å². The molecule has 17 heavy (non-hydrogen) atoms. The highest BCUT2D eigenvalue weighted by Gasteiger charge is 2.07. The third kappa shape index (κ3) is 2.36. The highest BCUT2D eigenvalue weighted by atomic mass is 16.5. The molecule has 2 radical (unpaired) electrons. The van der Waals surface area contributed by atoms with E-state index in [0.29, 0.717) is 0 Å². The Morgan fingerprint density at radius 1 is 1.12 bits per heavy atom. The van der Waals surface area contributed by atoms with Crippen LogP contribution in [0.15, 0.2) is 30.3 Å². The van der Waals surface area contributed by atoms with Crippen LogP contribution in [0.3, 0.4) is 0 Å². The van der Waals surface area contributed by atoms with E-state index in [-0.39, 0.29) is 0 Å². The molecule has 0 amide bonds. The average molecular weight is 227 g/mol. The predicted octanol–water partition coefficient (Wildman–Crippen LogP) is 3.13. The third-order valence-electron chi connectivity index (χ3n) is 3.14. The molecule has 1 heterocycles. The summed E-state index contributed by atoms with van der Waals surface area (Å²) in [5.74, 6) is 0.872. The first-order valence-electron chi connectivity index (χ1n) is 5.66. The molecule has 88 valence electrons. The Morgan fingerprint density at radius 2 is 1.76 bits per heavy atom. The second-order valence-electron chi connectivity index (χ2n) is 4.20. The maximum Gasteiger partial charge on any atom is 0.118 e. The molecule has 0 aliphatic carbocycles. The molecule has 1 aromatic carbocycles. The fourth-order valence-electron chi connectivity index (χ4n) is 1.81. The second-order valence-corrected chi connectivity index (χ2v) is 4.20. The average Bonchev–Trinajstić information content (AvgIpc) is 2.58. The monoisotopic (exact) mass is 227 g/mol. The lowest BCUT2D eigenvalue weighted by Crippen LogP contribution is -1.94. The van der Waals surface area contributed by atoms with Crippen molar-refractivity contribution < 1.29 is 4.74 Å². The van der Waals surface area contributed by atoms with Gasteiger partial charge in [0.2, 0.25) is 0 Å². The van der Waals surface area contributed by atoms with Crippen molar-refractivity contribution in [3.63, 3.8) is 0 Å². The van der Waals surface area contributed by atoms with Crippen molar-refractivity contribution in [1.29, 1.82) is 0 Å². The minimum Gasteiger partial charge on any atom is -0.497 e. The van der Waals surface area contributed by atoms with Gasteiger partial charge in [0.15, 0.2) is 0 Å². The topological polar surface area (TPSA) is 14.2 Å². The van der Waals surface area contributed by atoms with Gasteiger partial charge in [0.1, 0.15) is 5.75 Å². The molecule has 0 bridgehead atoms. The van der Waals surface area contributed by atoms with Crippen LogP contribution in [-0.2, 0) is 7.05 Å². The smallest absolute Gasteiger partial charge is 0.118 e. The normalized spacial score (nSPS) is 10.6. The summed E-state index contributed by atoms with van der Waals surface area (Å²) < 4.78 is 7.31. The van der Waals surface area contributed by atoms with Crippen molar-refractivity contribution >= 4 is 0 Å². The van der Waals surface area contributed by atoms with Gasteiger partial charge in [0.05, 0.1) is 13.5 Å². The Labute approximate surface area is 103 Å². The number of hydrogen-bond donors (Lipinski definition) is 0. The Hall–Kier alpha value is -1.70.